The van der Waals surface area contributed by atoms with Gasteiger partial charge in [-0.25, -0.2) is 27.7 Å². The summed E-state index contributed by atoms with van der Waals surface area (Å²) in [4.78, 5) is 14.6. The Kier molecular flexibility index (Phi) is 7.37. The summed E-state index contributed by atoms with van der Waals surface area (Å²) in [5.74, 6) is 0.0220. The molecule has 14 heteroatoms. The van der Waals surface area contributed by atoms with Crippen LogP contribution in [0.4, 0.5) is 19.1 Å². The van der Waals surface area contributed by atoms with E-state index >= 15 is 0 Å². The van der Waals surface area contributed by atoms with Crippen LogP contribution >= 0.6 is 11.6 Å². The maximum absolute atomic E-state index is 13.8. The van der Waals surface area contributed by atoms with Gasteiger partial charge in [0.2, 0.25) is 16.0 Å². The number of hydrogen-bond acceptors (Lipinski definition) is 7. The van der Waals surface area contributed by atoms with E-state index < -0.39 is 21.8 Å². The highest BCUT2D eigenvalue weighted by Gasteiger charge is 2.36. The molecule has 4 heterocycles. The summed E-state index contributed by atoms with van der Waals surface area (Å²) >= 11 is 6.52. The summed E-state index contributed by atoms with van der Waals surface area (Å²) in [6.07, 6.45) is 2.22. The first kappa shape index (κ1) is 26.9. The van der Waals surface area contributed by atoms with E-state index in [0.29, 0.717) is 36.6 Å². The molecule has 3 aromatic rings. The van der Waals surface area contributed by atoms with Gasteiger partial charge in [-0.1, -0.05) is 17.7 Å². The summed E-state index contributed by atoms with van der Waals surface area (Å²) in [5.41, 5.74) is 0.322. The minimum atomic E-state index is -4.69. The number of imidazole rings is 1. The van der Waals surface area contributed by atoms with Crippen molar-refractivity contribution in [3.8, 4) is 17.1 Å². The third kappa shape index (κ3) is 5.95. The second-order valence-electron chi connectivity index (χ2n) is 9.62. The lowest BCUT2D eigenvalue weighted by atomic mass is 10.1. The van der Waals surface area contributed by atoms with E-state index in [4.69, 9.17) is 11.6 Å². The van der Waals surface area contributed by atoms with E-state index in [9.17, 15) is 21.6 Å². The molecule has 38 heavy (non-hydrogen) atoms. The molecule has 2 aliphatic rings. The van der Waals surface area contributed by atoms with Crippen molar-refractivity contribution < 1.29 is 21.6 Å². The Morgan fingerprint density at radius 1 is 1.13 bits per heavy atom. The van der Waals surface area contributed by atoms with Gasteiger partial charge in [-0.2, -0.15) is 13.2 Å². The van der Waals surface area contributed by atoms with Crippen molar-refractivity contribution in [1.29, 1.82) is 0 Å². The zero-order valence-corrected chi connectivity index (χ0v) is 22.2. The predicted octanol–water partition coefficient (Wildman–Crippen LogP) is 4.04. The van der Waals surface area contributed by atoms with E-state index in [1.165, 1.54) is 23.3 Å². The van der Waals surface area contributed by atoms with Crippen LogP contribution < -0.4 is 5.32 Å². The van der Waals surface area contributed by atoms with Crippen molar-refractivity contribution in [2.45, 2.75) is 38.0 Å². The SMILES string of the molecule is CS(=O)(=O)N1CCC(Nc2ncc(C(F)(F)F)c(-c3cn(-c4ccc(CN5CCC5)cc4Cl)cn3)n2)CC1. The molecule has 0 atom stereocenters. The number of nitrogens with one attached hydrogen (secondary N) is 1. The summed E-state index contributed by atoms with van der Waals surface area (Å²) in [6, 6.07) is 5.45. The number of alkyl halides is 3. The normalized spacial score (nSPS) is 17.9. The van der Waals surface area contributed by atoms with Gasteiger partial charge in [0, 0.05) is 38.1 Å². The second kappa shape index (κ2) is 10.4. The van der Waals surface area contributed by atoms with Crippen LogP contribution in [-0.4, -0.2) is 75.6 Å². The van der Waals surface area contributed by atoms with Crippen molar-refractivity contribution in [2.24, 2.45) is 0 Å². The average Bonchev–Trinajstić information content (AvgIpc) is 3.30. The van der Waals surface area contributed by atoms with Gasteiger partial charge in [-0.15, -0.1) is 0 Å². The highest BCUT2D eigenvalue weighted by molar-refractivity contribution is 7.88. The largest absolute Gasteiger partial charge is 0.420 e. The van der Waals surface area contributed by atoms with Gasteiger partial charge in [-0.3, -0.25) is 4.90 Å². The van der Waals surface area contributed by atoms with Crippen LogP contribution in [0.2, 0.25) is 5.02 Å². The maximum Gasteiger partial charge on any atom is 0.420 e. The molecule has 2 saturated heterocycles. The first-order valence-electron chi connectivity index (χ1n) is 12.2. The van der Waals surface area contributed by atoms with Crippen LogP contribution in [0.15, 0.2) is 36.9 Å². The smallest absolute Gasteiger partial charge is 0.351 e. The van der Waals surface area contributed by atoms with Gasteiger partial charge in [0.05, 0.1) is 17.0 Å². The quantitative estimate of drug-likeness (QED) is 0.459. The number of sulfonamides is 1. The molecule has 1 N–H and O–H groups in total. The third-order valence-corrected chi connectivity index (χ3v) is 8.43. The van der Waals surface area contributed by atoms with Crippen LogP contribution in [0, 0.1) is 0 Å². The molecular weight excluding hydrogens is 543 g/mol. The number of piperidine rings is 1. The molecule has 0 bridgehead atoms. The van der Waals surface area contributed by atoms with Crippen LogP contribution in [0.3, 0.4) is 0 Å². The van der Waals surface area contributed by atoms with Crippen molar-refractivity contribution in [3.63, 3.8) is 0 Å². The van der Waals surface area contributed by atoms with E-state index in [1.807, 2.05) is 18.2 Å². The Morgan fingerprint density at radius 3 is 2.47 bits per heavy atom. The molecule has 9 nitrogen and oxygen atoms in total. The Morgan fingerprint density at radius 2 is 1.87 bits per heavy atom. The van der Waals surface area contributed by atoms with E-state index in [0.717, 1.165) is 37.7 Å². The van der Waals surface area contributed by atoms with Crippen molar-refractivity contribution in [2.75, 3.05) is 37.8 Å². The molecule has 0 spiro atoms. The lowest BCUT2D eigenvalue weighted by Crippen LogP contribution is -2.42. The van der Waals surface area contributed by atoms with E-state index in [-0.39, 0.29) is 23.4 Å². The molecule has 0 aliphatic carbocycles. The van der Waals surface area contributed by atoms with Crippen LogP contribution in [-0.2, 0) is 22.7 Å². The van der Waals surface area contributed by atoms with E-state index in [2.05, 4.69) is 25.2 Å². The summed E-state index contributed by atoms with van der Waals surface area (Å²) in [5, 5.41) is 3.52. The number of aromatic nitrogens is 4. The Hall–Kier alpha value is -2.74. The number of anilines is 1. The lowest BCUT2D eigenvalue weighted by Gasteiger charge is -2.30. The Labute approximate surface area is 223 Å². The summed E-state index contributed by atoms with van der Waals surface area (Å²) < 4.78 is 67.9. The van der Waals surface area contributed by atoms with Crippen LogP contribution in [0.5, 0.6) is 0 Å². The molecule has 204 valence electrons. The maximum atomic E-state index is 13.8. The standard InChI is InChI=1S/C24H27ClF3N7O2S/c1-38(36,37)35-9-5-17(6-10-35)31-23-29-12-18(24(26,27)28)22(32-23)20-14-34(15-30-20)21-4-3-16(11-19(21)25)13-33-7-2-8-33/h3-4,11-12,14-15,17H,2,5-10,13H2,1H3,(H,29,31,32). The highest BCUT2D eigenvalue weighted by Crippen LogP contribution is 2.36. The number of benzene rings is 1. The summed E-state index contributed by atoms with van der Waals surface area (Å²) in [7, 11) is -3.29. The number of nitrogens with zero attached hydrogens (tertiary/aromatic N) is 6. The first-order chi connectivity index (χ1) is 18.0. The molecule has 2 fully saturated rings. The molecule has 1 aromatic carbocycles. The Balaban J connectivity index is 1.38. The second-order valence-corrected chi connectivity index (χ2v) is 12.0. The lowest BCUT2D eigenvalue weighted by molar-refractivity contribution is -0.137. The average molecular weight is 570 g/mol. The zero-order chi connectivity index (χ0) is 27.1. The molecule has 5 rings (SSSR count). The van der Waals surface area contributed by atoms with Gasteiger partial charge in [-0.05, 0) is 50.0 Å². The van der Waals surface area contributed by atoms with E-state index in [1.54, 1.807) is 4.57 Å². The summed E-state index contributed by atoms with van der Waals surface area (Å²) in [6.45, 7) is 3.54. The number of halogens is 4. The van der Waals surface area contributed by atoms with Gasteiger partial charge in [0.1, 0.15) is 23.3 Å². The first-order valence-corrected chi connectivity index (χ1v) is 14.4. The molecule has 0 saturated carbocycles. The molecule has 2 aromatic heterocycles. The monoisotopic (exact) mass is 569 g/mol. The van der Waals surface area contributed by atoms with Crippen molar-refractivity contribution >= 4 is 27.6 Å². The number of hydrogen-bond donors (Lipinski definition) is 1. The molecule has 2 aliphatic heterocycles. The number of likely N-dealkylation sites (tertiary alicyclic amines) is 1. The molecule has 0 radical (unpaired) electrons. The Bertz CT molecular complexity index is 1420. The van der Waals surface area contributed by atoms with Crippen molar-refractivity contribution in [1.82, 2.24) is 28.7 Å². The topological polar surface area (TPSA) is 96.2 Å². The highest BCUT2D eigenvalue weighted by atomic mass is 35.5. The molecule has 0 unspecified atom stereocenters. The van der Waals surface area contributed by atoms with Gasteiger partial charge >= 0.3 is 6.18 Å². The fourth-order valence-electron chi connectivity index (χ4n) is 4.60. The minimum Gasteiger partial charge on any atom is -0.351 e. The molecular formula is C24H27ClF3N7O2S. The fourth-order valence-corrected chi connectivity index (χ4v) is 5.78. The van der Waals surface area contributed by atoms with Crippen LogP contribution in [0.25, 0.3) is 17.1 Å². The minimum absolute atomic E-state index is 0.0220. The van der Waals surface area contributed by atoms with Crippen molar-refractivity contribution in [3.05, 3.63) is 53.1 Å². The predicted molar refractivity (Wildman–Crippen MR) is 138 cm³/mol. The van der Waals surface area contributed by atoms with Crippen LogP contribution in [0.1, 0.15) is 30.4 Å². The van der Waals surface area contributed by atoms with Gasteiger partial charge in [0.15, 0.2) is 0 Å². The van der Waals surface area contributed by atoms with Gasteiger partial charge in [0.25, 0.3) is 0 Å². The number of rotatable bonds is 7. The van der Waals surface area contributed by atoms with Gasteiger partial charge < -0.3 is 9.88 Å². The fraction of sp³-hybridized carbons (Fsp3) is 0.458. The zero-order valence-electron chi connectivity index (χ0n) is 20.6. The molecule has 0 amide bonds. The third-order valence-electron chi connectivity index (χ3n) is 6.82.